The number of likely N-dealkylation sites (N-methyl/N-ethyl adjacent to an activating group) is 1. The number of hydrogen-bond donors (Lipinski definition) is 0. The maximum atomic E-state index is 12.5. The standard InChI is InChI=1S/C15H25N5O3/c1-18(2)7-9-22-11-12-13-10-19(5-6-20(13)17-16-12)15(21)14-4-3-8-23-14/h14H,3-11H2,1-2H3. The lowest BCUT2D eigenvalue weighted by Crippen LogP contribution is -2.43. The fourth-order valence-electron chi connectivity index (χ4n) is 2.89. The van der Waals surface area contributed by atoms with Crippen LogP contribution in [0.1, 0.15) is 24.2 Å². The quantitative estimate of drug-likeness (QED) is 0.680. The Hall–Kier alpha value is -1.51. The third-order valence-corrected chi connectivity index (χ3v) is 4.28. The number of nitrogens with zero attached hydrogens (tertiary/aromatic N) is 5. The highest BCUT2D eigenvalue weighted by Gasteiger charge is 2.31. The van der Waals surface area contributed by atoms with E-state index in [2.05, 4.69) is 15.2 Å². The Bertz CT molecular complexity index is 539. The van der Waals surface area contributed by atoms with E-state index in [4.69, 9.17) is 9.47 Å². The molecule has 0 radical (unpaired) electrons. The maximum absolute atomic E-state index is 12.5. The summed E-state index contributed by atoms with van der Waals surface area (Å²) in [7, 11) is 4.02. The van der Waals surface area contributed by atoms with Crippen molar-refractivity contribution < 1.29 is 14.3 Å². The third-order valence-electron chi connectivity index (χ3n) is 4.28. The molecule has 0 aliphatic carbocycles. The maximum Gasteiger partial charge on any atom is 0.252 e. The molecule has 8 heteroatoms. The van der Waals surface area contributed by atoms with E-state index >= 15 is 0 Å². The second-order valence-electron chi connectivity index (χ2n) is 6.32. The van der Waals surface area contributed by atoms with Gasteiger partial charge >= 0.3 is 0 Å². The molecule has 1 aromatic rings. The van der Waals surface area contributed by atoms with Crippen molar-refractivity contribution in [2.75, 3.05) is 40.4 Å². The molecule has 0 N–H and O–H groups in total. The fourth-order valence-corrected chi connectivity index (χ4v) is 2.89. The monoisotopic (exact) mass is 323 g/mol. The number of amides is 1. The second-order valence-corrected chi connectivity index (χ2v) is 6.32. The topological polar surface area (TPSA) is 72.7 Å². The van der Waals surface area contributed by atoms with Crippen LogP contribution in [-0.4, -0.2) is 77.2 Å². The summed E-state index contributed by atoms with van der Waals surface area (Å²) in [6.07, 6.45) is 1.53. The zero-order chi connectivity index (χ0) is 16.2. The largest absolute Gasteiger partial charge is 0.374 e. The Kier molecular flexibility index (Phi) is 5.24. The minimum atomic E-state index is -0.266. The number of fused-ring (bicyclic) bond motifs is 1. The van der Waals surface area contributed by atoms with E-state index in [1.165, 1.54) is 0 Å². The normalized spacial score (nSPS) is 21.0. The molecule has 1 amide bonds. The summed E-state index contributed by atoms with van der Waals surface area (Å²) in [5, 5.41) is 8.38. The molecule has 1 unspecified atom stereocenters. The summed E-state index contributed by atoms with van der Waals surface area (Å²) in [4.78, 5) is 16.4. The summed E-state index contributed by atoms with van der Waals surface area (Å²) < 4.78 is 13.1. The van der Waals surface area contributed by atoms with Gasteiger partial charge in [0.15, 0.2) is 0 Å². The first-order valence-electron chi connectivity index (χ1n) is 8.19. The smallest absolute Gasteiger partial charge is 0.252 e. The van der Waals surface area contributed by atoms with E-state index < -0.39 is 0 Å². The lowest BCUT2D eigenvalue weighted by Gasteiger charge is -2.29. The molecule has 0 bridgehead atoms. The predicted molar refractivity (Wildman–Crippen MR) is 82.6 cm³/mol. The van der Waals surface area contributed by atoms with Gasteiger partial charge in [-0.05, 0) is 26.9 Å². The molecule has 0 aromatic carbocycles. The van der Waals surface area contributed by atoms with Gasteiger partial charge in [-0.2, -0.15) is 0 Å². The highest BCUT2D eigenvalue weighted by molar-refractivity contribution is 5.81. The number of aromatic nitrogens is 3. The molecule has 1 saturated heterocycles. The van der Waals surface area contributed by atoms with E-state index in [0.29, 0.717) is 39.5 Å². The molecule has 1 atom stereocenters. The Morgan fingerprint density at radius 3 is 3.04 bits per heavy atom. The number of hydrogen-bond acceptors (Lipinski definition) is 6. The first kappa shape index (κ1) is 16.4. The first-order valence-corrected chi connectivity index (χ1v) is 8.19. The van der Waals surface area contributed by atoms with Gasteiger partial charge in [-0.1, -0.05) is 5.21 Å². The van der Waals surface area contributed by atoms with Crippen LogP contribution < -0.4 is 0 Å². The van der Waals surface area contributed by atoms with Crippen molar-refractivity contribution in [1.29, 1.82) is 0 Å². The summed E-state index contributed by atoms with van der Waals surface area (Å²) in [5.74, 6) is 0.0921. The van der Waals surface area contributed by atoms with Crippen molar-refractivity contribution in [2.24, 2.45) is 0 Å². The summed E-state index contributed by atoms with van der Waals surface area (Å²) in [6.45, 7) is 4.53. The average Bonchev–Trinajstić information content (AvgIpc) is 3.20. The molecule has 3 heterocycles. The summed E-state index contributed by atoms with van der Waals surface area (Å²) in [5.41, 5.74) is 1.81. The van der Waals surface area contributed by atoms with Gasteiger partial charge in [-0.3, -0.25) is 4.79 Å². The lowest BCUT2D eigenvalue weighted by molar-refractivity contribution is -0.142. The van der Waals surface area contributed by atoms with Gasteiger partial charge in [0.2, 0.25) is 0 Å². The van der Waals surface area contributed by atoms with Crippen LogP contribution in [0.15, 0.2) is 0 Å². The average molecular weight is 323 g/mol. The minimum Gasteiger partial charge on any atom is -0.374 e. The first-order chi connectivity index (χ1) is 11.1. The molecule has 23 heavy (non-hydrogen) atoms. The molecule has 1 aromatic heterocycles. The highest BCUT2D eigenvalue weighted by atomic mass is 16.5. The molecular weight excluding hydrogens is 298 g/mol. The molecule has 0 spiro atoms. The van der Waals surface area contributed by atoms with Gasteiger partial charge < -0.3 is 19.3 Å². The van der Waals surface area contributed by atoms with Crippen molar-refractivity contribution in [3.05, 3.63) is 11.4 Å². The molecule has 0 saturated carbocycles. The SMILES string of the molecule is CN(C)CCOCc1nnn2c1CN(C(=O)C1CCCO1)CC2. The van der Waals surface area contributed by atoms with Crippen LogP contribution in [0.5, 0.6) is 0 Å². The molecule has 2 aliphatic heterocycles. The third kappa shape index (κ3) is 3.88. The van der Waals surface area contributed by atoms with E-state index in [1.54, 1.807) is 0 Å². The van der Waals surface area contributed by atoms with Crippen LogP contribution in [0, 0.1) is 0 Å². The Labute approximate surface area is 136 Å². The van der Waals surface area contributed by atoms with E-state index in [0.717, 1.165) is 30.8 Å². The molecular formula is C15H25N5O3. The summed E-state index contributed by atoms with van der Waals surface area (Å²) >= 11 is 0. The van der Waals surface area contributed by atoms with Crippen LogP contribution in [0.25, 0.3) is 0 Å². The minimum absolute atomic E-state index is 0.0921. The molecule has 1 fully saturated rings. The van der Waals surface area contributed by atoms with Crippen LogP contribution in [0.3, 0.4) is 0 Å². The number of carbonyl (C=O) groups excluding carboxylic acids is 1. The van der Waals surface area contributed by atoms with Crippen molar-refractivity contribution >= 4 is 5.91 Å². The van der Waals surface area contributed by atoms with Crippen molar-refractivity contribution in [1.82, 2.24) is 24.8 Å². The highest BCUT2D eigenvalue weighted by Crippen LogP contribution is 2.20. The van der Waals surface area contributed by atoms with E-state index in [9.17, 15) is 4.79 Å². The van der Waals surface area contributed by atoms with Gasteiger partial charge in [0.25, 0.3) is 5.91 Å². The molecule has 8 nitrogen and oxygen atoms in total. The van der Waals surface area contributed by atoms with Crippen molar-refractivity contribution in [3.8, 4) is 0 Å². The Morgan fingerprint density at radius 1 is 1.43 bits per heavy atom. The molecule has 2 aliphatic rings. The zero-order valence-electron chi connectivity index (χ0n) is 13.9. The molecule has 3 rings (SSSR count). The fraction of sp³-hybridized carbons (Fsp3) is 0.800. The summed E-state index contributed by atoms with van der Waals surface area (Å²) in [6, 6.07) is 0. The van der Waals surface area contributed by atoms with Crippen LogP contribution >= 0.6 is 0 Å². The second kappa shape index (κ2) is 7.37. The predicted octanol–water partition coefficient (Wildman–Crippen LogP) is -0.122. The van der Waals surface area contributed by atoms with E-state index in [-0.39, 0.29) is 12.0 Å². The van der Waals surface area contributed by atoms with Gasteiger partial charge in [0.1, 0.15) is 11.8 Å². The lowest BCUT2D eigenvalue weighted by atomic mass is 10.2. The Morgan fingerprint density at radius 2 is 2.30 bits per heavy atom. The molecule has 128 valence electrons. The van der Waals surface area contributed by atoms with Crippen molar-refractivity contribution in [2.45, 2.75) is 38.6 Å². The van der Waals surface area contributed by atoms with Crippen LogP contribution in [-0.2, 0) is 34.0 Å². The van der Waals surface area contributed by atoms with Gasteiger partial charge in [-0.25, -0.2) is 4.68 Å². The Balaban J connectivity index is 1.58. The number of rotatable bonds is 6. The van der Waals surface area contributed by atoms with E-state index in [1.807, 2.05) is 23.7 Å². The number of carbonyl (C=O) groups is 1. The van der Waals surface area contributed by atoms with Crippen LogP contribution in [0.2, 0.25) is 0 Å². The van der Waals surface area contributed by atoms with Crippen LogP contribution in [0.4, 0.5) is 0 Å². The van der Waals surface area contributed by atoms with Gasteiger partial charge in [0, 0.05) is 19.7 Å². The zero-order valence-corrected chi connectivity index (χ0v) is 13.9. The number of ether oxygens (including phenoxy) is 2. The van der Waals surface area contributed by atoms with Gasteiger partial charge in [0.05, 0.1) is 32.0 Å². The van der Waals surface area contributed by atoms with Gasteiger partial charge in [-0.15, -0.1) is 5.10 Å². The van der Waals surface area contributed by atoms with Crippen molar-refractivity contribution in [3.63, 3.8) is 0 Å².